The summed E-state index contributed by atoms with van der Waals surface area (Å²) in [6.07, 6.45) is 3.35. The van der Waals surface area contributed by atoms with Crippen molar-refractivity contribution in [2.24, 2.45) is 12.0 Å². The van der Waals surface area contributed by atoms with E-state index in [1.807, 2.05) is 18.5 Å². The van der Waals surface area contributed by atoms with Gasteiger partial charge in [0.15, 0.2) is 11.8 Å². The van der Waals surface area contributed by atoms with Crippen molar-refractivity contribution in [2.75, 3.05) is 31.1 Å². The zero-order chi connectivity index (χ0) is 18.8. The monoisotopic (exact) mass is 389 g/mol. The Hall–Kier alpha value is -2.23. The van der Waals surface area contributed by atoms with Crippen LogP contribution in [0.5, 0.6) is 0 Å². The van der Waals surface area contributed by atoms with Gasteiger partial charge in [0.2, 0.25) is 5.13 Å². The van der Waals surface area contributed by atoms with Crippen LogP contribution in [0.1, 0.15) is 37.2 Å². The van der Waals surface area contributed by atoms with Gasteiger partial charge in [-0.05, 0) is 19.8 Å². The summed E-state index contributed by atoms with van der Waals surface area (Å²) in [6, 6.07) is 0.568. The first kappa shape index (κ1) is 18.1. The van der Waals surface area contributed by atoms with Crippen LogP contribution in [0.2, 0.25) is 0 Å². The third kappa shape index (κ3) is 4.20. The maximum absolute atomic E-state index is 4.85. The maximum Gasteiger partial charge on any atom is 0.205 e. The Balaban J connectivity index is 1.40. The highest BCUT2D eigenvalue weighted by Gasteiger charge is 2.27. The highest BCUT2D eigenvalue weighted by atomic mass is 32.1. The zero-order valence-corrected chi connectivity index (χ0v) is 17.0. The molecule has 9 nitrogen and oxygen atoms in total. The van der Waals surface area contributed by atoms with Gasteiger partial charge in [-0.15, -0.1) is 10.2 Å². The summed E-state index contributed by atoms with van der Waals surface area (Å²) in [5, 5.41) is 13.0. The highest BCUT2D eigenvalue weighted by molar-refractivity contribution is 7.09. The molecule has 4 rings (SSSR count). The molecule has 1 aliphatic carbocycles. The van der Waals surface area contributed by atoms with E-state index in [2.05, 4.69) is 41.6 Å². The van der Waals surface area contributed by atoms with Gasteiger partial charge in [0.1, 0.15) is 18.2 Å². The van der Waals surface area contributed by atoms with Gasteiger partial charge in [-0.25, -0.2) is 9.98 Å². The fraction of sp³-hybridized carbons (Fsp3) is 0.706. The van der Waals surface area contributed by atoms with Crippen LogP contribution in [0.15, 0.2) is 4.99 Å². The smallest absolute Gasteiger partial charge is 0.205 e. The summed E-state index contributed by atoms with van der Waals surface area (Å²) in [5.41, 5.74) is 0. The number of guanidine groups is 1. The molecule has 1 saturated carbocycles. The van der Waals surface area contributed by atoms with Crippen molar-refractivity contribution in [2.45, 2.75) is 45.7 Å². The summed E-state index contributed by atoms with van der Waals surface area (Å²) >= 11 is 1.50. The molecule has 2 aromatic rings. The van der Waals surface area contributed by atoms with E-state index in [-0.39, 0.29) is 0 Å². The molecule has 2 aliphatic rings. The molecule has 0 atom stereocenters. The first-order valence-electron chi connectivity index (χ1n) is 9.62. The molecule has 0 radical (unpaired) electrons. The van der Waals surface area contributed by atoms with Gasteiger partial charge in [0.05, 0.1) is 0 Å². The first-order valence-corrected chi connectivity index (χ1v) is 10.4. The van der Waals surface area contributed by atoms with Gasteiger partial charge in [-0.2, -0.15) is 4.37 Å². The molecule has 0 amide bonds. The predicted octanol–water partition coefficient (Wildman–Crippen LogP) is 0.968. The molecular formula is C17H27N9S. The minimum atomic E-state index is 0.545. The molecule has 0 bridgehead atoms. The number of hydrogen-bond donors (Lipinski definition) is 1. The quantitative estimate of drug-likeness (QED) is 0.602. The Morgan fingerprint density at radius 2 is 2.00 bits per heavy atom. The summed E-state index contributed by atoms with van der Waals surface area (Å²) in [5.74, 6) is 3.73. The largest absolute Gasteiger partial charge is 0.353 e. The molecule has 0 unspecified atom stereocenters. The number of hydrogen-bond acceptors (Lipinski definition) is 7. The average molecular weight is 390 g/mol. The molecule has 1 aliphatic heterocycles. The molecule has 3 heterocycles. The summed E-state index contributed by atoms with van der Waals surface area (Å²) in [6.45, 7) is 8.33. The van der Waals surface area contributed by atoms with Crippen LogP contribution < -0.4 is 10.2 Å². The first-order chi connectivity index (χ1) is 13.1. The number of aryl methyl sites for hydroxylation is 2. The average Bonchev–Trinajstić information content (AvgIpc) is 3.28. The van der Waals surface area contributed by atoms with E-state index in [1.54, 1.807) is 0 Å². The molecule has 2 aromatic heterocycles. The van der Waals surface area contributed by atoms with Gasteiger partial charge in [0.25, 0.3) is 0 Å². The van der Waals surface area contributed by atoms with E-state index in [0.717, 1.165) is 61.2 Å². The Morgan fingerprint density at radius 1 is 1.22 bits per heavy atom. The number of nitrogens with zero attached hydrogens (tertiary/aromatic N) is 8. The number of nitrogens with one attached hydrogen (secondary N) is 1. The summed E-state index contributed by atoms with van der Waals surface area (Å²) in [4.78, 5) is 14.1. The van der Waals surface area contributed by atoms with E-state index in [1.165, 1.54) is 24.4 Å². The van der Waals surface area contributed by atoms with Gasteiger partial charge >= 0.3 is 0 Å². The van der Waals surface area contributed by atoms with Crippen LogP contribution in [-0.2, 0) is 20.0 Å². The second kappa shape index (κ2) is 7.79. The van der Waals surface area contributed by atoms with E-state index in [0.29, 0.717) is 12.6 Å². The third-order valence-electron chi connectivity index (χ3n) is 5.09. The predicted molar refractivity (Wildman–Crippen MR) is 106 cm³/mol. The molecule has 27 heavy (non-hydrogen) atoms. The second-order valence-corrected chi connectivity index (χ2v) is 7.83. The number of aliphatic imine (C=N–C) groups is 1. The van der Waals surface area contributed by atoms with Crippen molar-refractivity contribution in [1.82, 2.24) is 34.3 Å². The van der Waals surface area contributed by atoms with Gasteiger partial charge < -0.3 is 19.7 Å². The van der Waals surface area contributed by atoms with Crippen LogP contribution in [0.4, 0.5) is 5.13 Å². The Kier molecular flexibility index (Phi) is 5.24. The van der Waals surface area contributed by atoms with E-state index < -0.39 is 0 Å². The van der Waals surface area contributed by atoms with Crippen molar-refractivity contribution in [3.05, 3.63) is 17.5 Å². The molecule has 0 spiro atoms. The van der Waals surface area contributed by atoms with Crippen molar-refractivity contribution < 1.29 is 0 Å². The van der Waals surface area contributed by atoms with Crippen LogP contribution in [0.3, 0.4) is 0 Å². The number of piperazine rings is 1. The van der Waals surface area contributed by atoms with Crippen LogP contribution in [0.25, 0.3) is 0 Å². The second-order valence-electron chi connectivity index (χ2n) is 7.10. The summed E-state index contributed by atoms with van der Waals surface area (Å²) in [7, 11) is 1.99. The Morgan fingerprint density at radius 3 is 2.59 bits per heavy atom. The lowest BCUT2D eigenvalue weighted by Crippen LogP contribution is -2.53. The van der Waals surface area contributed by atoms with Crippen molar-refractivity contribution in [1.29, 1.82) is 0 Å². The fourth-order valence-corrected chi connectivity index (χ4v) is 3.81. The fourth-order valence-electron chi connectivity index (χ4n) is 3.01. The zero-order valence-electron chi connectivity index (χ0n) is 16.2. The highest BCUT2D eigenvalue weighted by Crippen LogP contribution is 2.21. The van der Waals surface area contributed by atoms with E-state index in [9.17, 15) is 0 Å². The molecule has 146 valence electrons. The SMILES string of the molecule is CCc1nsc(N2CCN(C(=NCc3nnc(C)n3C)NC3CC3)CC2)n1. The van der Waals surface area contributed by atoms with Crippen molar-refractivity contribution in [3.63, 3.8) is 0 Å². The minimum Gasteiger partial charge on any atom is -0.353 e. The lowest BCUT2D eigenvalue weighted by molar-refractivity contribution is 0.371. The lowest BCUT2D eigenvalue weighted by Gasteiger charge is -2.36. The van der Waals surface area contributed by atoms with E-state index in [4.69, 9.17) is 4.99 Å². The standard InChI is InChI=1S/C17H27N9S/c1-4-14-20-17(27-23-14)26-9-7-25(8-10-26)16(19-13-5-6-13)18-11-15-22-21-12(2)24(15)3/h13H,4-11H2,1-3H3,(H,18,19). The molecular weight excluding hydrogens is 362 g/mol. The van der Waals surface area contributed by atoms with Gasteiger partial charge in [-0.3, -0.25) is 0 Å². The molecule has 0 aromatic carbocycles. The lowest BCUT2D eigenvalue weighted by atomic mass is 10.3. The molecule has 10 heteroatoms. The number of aromatic nitrogens is 5. The molecule has 1 saturated heterocycles. The van der Waals surface area contributed by atoms with Crippen molar-refractivity contribution >= 4 is 22.6 Å². The number of rotatable bonds is 5. The Bertz CT molecular complexity index is 799. The van der Waals surface area contributed by atoms with Gasteiger partial charge in [-0.1, -0.05) is 6.92 Å². The van der Waals surface area contributed by atoms with Gasteiger partial charge in [0, 0.05) is 57.2 Å². The number of anilines is 1. The van der Waals surface area contributed by atoms with Crippen LogP contribution >= 0.6 is 11.5 Å². The summed E-state index contributed by atoms with van der Waals surface area (Å²) < 4.78 is 6.41. The minimum absolute atomic E-state index is 0.545. The van der Waals surface area contributed by atoms with Crippen LogP contribution in [0, 0.1) is 6.92 Å². The van der Waals surface area contributed by atoms with Crippen molar-refractivity contribution in [3.8, 4) is 0 Å². The maximum atomic E-state index is 4.85. The topological polar surface area (TPSA) is 87.4 Å². The Labute approximate surface area is 163 Å². The molecule has 1 N–H and O–H groups in total. The third-order valence-corrected chi connectivity index (χ3v) is 5.90. The normalized spacial score (nSPS) is 18.3. The van der Waals surface area contributed by atoms with E-state index >= 15 is 0 Å². The molecule has 2 fully saturated rings. The van der Waals surface area contributed by atoms with Crippen LogP contribution in [-0.4, -0.2) is 67.2 Å².